The van der Waals surface area contributed by atoms with Crippen LogP contribution in [0.25, 0.3) is 0 Å². The van der Waals surface area contributed by atoms with Crippen LogP contribution in [0.15, 0.2) is 26.0 Å². The third kappa shape index (κ3) is 2.71. The first-order chi connectivity index (χ1) is 6.15. The van der Waals surface area contributed by atoms with E-state index < -0.39 is 0 Å². The standard InChI is InChI=1S/C9H7Br2NO/c1-2-3-4-12-6-7(10)5-8(11)9(12)13/h5-6H,4H2,1H3. The minimum atomic E-state index is -0.0639. The highest BCUT2D eigenvalue weighted by molar-refractivity contribution is 9.11. The molecule has 2 nitrogen and oxygen atoms in total. The van der Waals surface area contributed by atoms with Crippen LogP contribution in [-0.2, 0) is 6.54 Å². The zero-order valence-corrected chi connectivity index (χ0v) is 10.1. The molecule has 0 aliphatic heterocycles. The molecule has 0 aliphatic rings. The molecule has 13 heavy (non-hydrogen) atoms. The maximum absolute atomic E-state index is 11.5. The van der Waals surface area contributed by atoms with Crippen LogP contribution >= 0.6 is 31.9 Å². The molecule has 0 amide bonds. The van der Waals surface area contributed by atoms with E-state index in [0.717, 1.165) is 4.47 Å². The third-order valence-corrected chi connectivity index (χ3v) is 2.44. The summed E-state index contributed by atoms with van der Waals surface area (Å²) in [5, 5.41) is 0. The third-order valence-electron chi connectivity index (χ3n) is 1.44. The average Bonchev–Trinajstić information content (AvgIpc) is 2.09. The van der Waals surface area contributed by atoms with E-state index in [-0.39, 0.29) is 5.56 Å². The molecule has 0 fully saturated rings. The maximum atomic E-state index is 11.5. The Hall–Kier alpha value is -0.530. The minimum absolute atomic E-state index is 0.0639. The lowest BCUT2D eigenvalue weighted by Gasteiger charge is -2.01. The summed E-state index contributed by atoms with van der Waals surface area (Å²) in [4.78, 5) is 11.5. The van der Waals surface area contributed by atoms with Gasteiger partial charge >= 0.3 is 0 Å². The van der Waals surface area contributed by atoms with Gasteiger partial charge in [-0.2, -0.15) is 0 Å². The zero-order valence-electron chi connectivity index (χ0n) is 6.97. The maximum Gasteiger partial charge on any atom is 0.265 e. The van der Waals surface area contributed by atoms with Crippen molar-refractivity contribution in [1.82, 2.24) is 4.57 Å². The monoisotopic (exact) mass is 303 g/mol. The lowest BCUT2D eigenvalue weighted by atomic mass is 10.4. The fourth-order valence-electron chi connectivity index (χ4n) is 0.846. The van der Waals surface area contributed by atoms with Crippen LogP contribution in [0.3, 0.4) is 0 Å². The number of aromatic nitrogens is 1. The largest absolute Gasteiger partial charge is 0.302 e. The van der Waals surface area contributed by atoms with Gasteiger partial charge in [0.05, 0.1) is 11.0 Å². The van der Waals surface area contributed by atoms with Crippen LogP contribution in [0.1, 0.15) is 6.92 Å². The highest BCUT2D eigenvalue weighted by atomic mass is 79.9. The molecule has 0 unspecified atom stereocenters. The van der Waals surface area contributed by atoms with E-state index in [1.807, 2.05) is 0 Å². The number of halogens is 2. The second-order valence-electron chi connectivity index (χ2n) is 2.37. The first kappa shape index (κ1) is 10.6. The van der Waals surface area contributed by atoms with Crippen molar-refractivity contribution in [2.45, 2.75) is 13.5 Å². The zero-order chi connectivity index (χ0) is 9.84. The van der Waals surface area contributed by atoms with Crippen LogP contribution in [-0.4, -0.2) is 4.57 Å². The Morgan fingerprint density at radius 2 is 2.23 bits per heavy atom. The van der Waals surface area contributed by atoms with Crippen molar-refractivity contribution in [2.24, 2.45) is 0 Å². The van der Waals surface area contributed by atoms with Gasteiger partial charge in [-0.25, -0.2) is 0 Å². The number of hydrogen-bond acceptors (Lipinski definition) is 1. The molecular weight excluding hydrogens is 298 g/mol. The van der Waals surface area contributed by atoms with Gasteiger partial charge in [0.1, 0.15) is 0 Å². The molecule has 0 saturated carbocycles. The smallest absolute Gasteiger partial charge is 0.265 e. The molecule has 0 aliphatic carbocycles. The summed E-state index contributed by atoms with van der Waals surface area (Å²) in [6, 6.07) is 1.72. The van der Waals surface area contributed by atoms with Gasteiger partial charge in [0.25, 0.3) is 5.56 Å². The molecule has 68 valence electrons. The summed E-state index contributed by atoms with van der Waals surface area (Å²) >= 11 is 6.48. The Labute approximate surface area is 93.2 Å². The van der Waals surface area contributed by atoms with Crippen LogP contribution < -0.4 is 5.56 Å². The Morgan fingerprint density at radius 3 is 2.85 bits per heavy atom. The second kappa shape index (κ2) is 4.64. The van der Waals surface area contributed by atoms with Crippen LogP contribution in [0.4, 0.5) is 0 Å². The highest BCUT2D eigenvalue weighted by Gasteiger charge is 2.00. The Bertz CT molecular complexity index is 425. The van der Waals surface area contributed by atoms with Crippen LogP contribution in [0, 0.1) is 11.8 Å². The summed E-state index contributed by atoms with van der Waals surface area (Å²) < 4.78 is 2.95. The Morgan fingerprint density at radius 1 is 1.54 bits per heavy atom. The molecule has 1 aromatic rings. The lowest BCUT2D eigenvalue weighted by molar-refractivity contribution is 0.786. The summed E-state index contributed by atoms with van der Waals surface area (Å²) in [6.07, 6.45) is 1.72. The molecule has 0 bridgehead atoms. The summed E-state index contributed by atoms with van der Waals surface area (Å²) in [5.74, 6) is 5.57. The predicted octanol–water partition coefficient (Wildman–Crippen LogP) is 2.40. The molecular formula is C9H7Br2NO. The fraction of sp³-hybridized carbons (Fsp3) is 0.222. The van der Waals surface area contributed by atoms with Gasteiger partial charge in [-0.1, -0.05) is 5.92 Å². The van der Waals surface area contributed by atoms with E-state index in [1.54, 1.807) is 23.8 Å². The summed E-state index contributed by atoms with van der Waals surface area (Å²) in [7, 11) is 0. The first-order valence-corrected chi connectivity index (χ1v) is 5.19. The van der Waals surface area contributed by atoms with Crippen LogP contribution in [0.2, 0.25) is 0 Å². The highest BCUT2D eigenvalue weighted by Crippen LogP contribution is 2.12. The van der Waals surface area contributed by atoms with Crippen molar-refractivity contribution in [3.63, 3.8) is 0 Å². The van der Waals surface area contributed by atoms with Gasteiger partial charge in [0, 0.05) is 10.7 Å². The quantitative estimate of drug-likeness (QED) is 0.730. The predicted molar refractivity (Wildman–Crippen MR) is 59.6 cm³/mol. The molecule has 0 saturated heterocycles. The van der Waals surface area contributed by atoms with Gasteiger partial charge < -0.3 is 4.57 Å². The fourth-order valence-corrected chi connectivity index (χ4v) is 2.10. The molecule has 0 aromatic carbocycles. The Balaban J connectivity index is 3.18. The van der Waals surface area contributed by atoms with Crippen molar-refractivity contribution in [3.05, 3.63) is 31.6 Å². The summed E-state index contributed by atoms with van der Waals surface area (Å²) in [5.41, 5.74) is -0.0639. The van der Waals surface area contributed by atoms with E-state index in [0.29, 0.717) is 11.0 Å². The van der Waals surface area contributed by atoms with Gasteiger partial charge in [-0.05, 0) is 44.8 Å². The summed E-state index contributed by atoms with van der Waals surface area (Å²) in [6.45, 7) is 2.17. The number of pyridine rings is 1. The van der Waals surface area contributed by atoms with E-state index in [4.69, 9.17) is 0 Å². The molecule has 0 N–H and O–H groups in total. The second-order valence-corrected chi connectivity index (χ2v) is 4.14. The topological polar surface area (TPSA) is 22.0 Å². The van der Waals surface area contributed by atoms with Gasteiger partial charge in [-0.3, -0.25) is 4.79 Å². The van der Waals surface area contributed by atoms with Gasteiger partial charge in [-0.15, -0.1) is 5.92 Å². The van der Waals surface area contributed by atoms with E-state index in [2.05, 4.69) is 43.7 Å². The molecule has 1 aromatic heterocycles. The van der Waals surface area contributed by atoms with Crippen molar-refractivity contribution < 1.29 is 0 Å². The van der Waals surface area contributed by atoms with Gasteiger partial charge in [0.2, 0.25) is 0 Å². The number of hydrogen-bond donors (Lipinski definition) is 0. The Kier molecular flexibility index (Phi) is 3.76. The van der Waals surface area contributed by atoms with E-state index in [1.165, 1.54) is 0 Å². The number of nitrogens with zero attached hydrogens (tertiary/aromatic N) is 1. The number of rotatable bonds is 1. The van der Waals surface area contributed by atoms with E-state index >= 15 is 0 Å². The first-order valence-electron chi connectivity index (χ1n) is 3.60. The molecule has 1 rings (SSSR count). The van der Waals surface area contributed by atoms with Crippen molar-refractivity contribution in [3.8, 4) is 11.8 Å². The molecule has 4 heteroatoms. The van der Waals surface area contributed by atoms with Crippen molar-refractivity contribution in [1.29, 1.82) is 0 Å². The average molecular weight is 305 g/mol. The molecule has 0 radical (unpaired) electrons. The molecule has 1 heterocycles. The van der Waals surface area contributed by atoms with Gasteiger partial charge in [0.15, 0.2) is 0 Å². The normalized spacial score (nSPS) is 9.15. The lowest BCUT2D eigenvalue weighted by Crippen LogP contribution is -2.19. The van der Waals surface area contributed by atoms with Crippen LogP contribution in [0.5, 0.6) is 0 Å². The minimum Gasteiger partial charge on any atom is -0.302 e. The molecule has 0 atom stereocenters. The van der Waals surface area contributed by atoms with Crippen molar-refractivity contribution >= 4 is 31.9 Å². The van der Waals surface area contributed by atoms with E-state index in [9.17, 15) is 4.79 Å². The molecule has 0 spiro atoms. The van der Waals surface area contributed by atoms with Crippen molar-refractivity contribution in [2.75, 3.05) is 0 Å². The SMILES string of the molecule is CC#CCn1cc(Br)cc(Br)c1=O.